The molecule has 76 valence electrons. The first-order valence-electron chi connectivity index (χ1n) is 4.40. The average molecular weight is 197 g/mol. The normalized spacial score (nSPS) is 11.9. The van der Waals surface area contributed by atoms with Crippen LogP contribution in [0.5, 0.6) is 0 Å². The van der Waals surface area contributed by atoms with E-state index >= 15 is 0 Å². The lowest BCUT2D eigenvalue weighted by Crippen LogP contribution is -2.08. The van der Waals surface area contributed by atoms with E-state index in [0.717, 1.165) is 11.6 Å². The first-order chi connectivity index (χ1) is 6.63. The molecule has 1 N–H and O–H groups in total. The molecule has 1 aromatic carbocycles. The van der Waals surface area contributed by atoms with Crippen LogP contribution in [0.2, 0.25) is 0 Å². The zero-order valence-corrected chi connectivity index (χ0v) is 8.27. The number of halogens is 2. The summed E-state index contributed by atoms with van der Waals surface area (Å²) in [6.07, 6.45) is 1.70. The number of rotatable bonds is 3. The van der Waals surface area contributed by atoms with Gasteiger partial charge in [-0.15, -0.1) is 0 Å². The lowest BCUT2D eigenvalue weighted by atomic mass is 10.1. The van der Waals surface area contributed by atoms with Crippen molar-refractivity contribution in [2.45, 2.75) is 6.92 Å². The van der Waals surface area contributed by atoms with Gasteiger partial charge in [0.2, 0.25) is 0 Å². The molecule has 0 spiro atoms. The summed E-state index contributed by atoms with van der Waals surface area (Å²) in [5.74, 6) is -1.08. The summed E-state index contributed by atoms with van der Waals surface area (Å²) in [6.45, 7) is 2.58. The minimum atomic E-state index is -0.550. The van der Waals surface area contributed by atoms with Crippen molar-refractivity contribution in [3.05, 3.63) is 41.0 Å². The average Bonchev–Trinajstić information content (AvgIpc) is 2.10. The van der Waals surface area contributed by atoms with Crippen molar-refractivity contribution in [1.29, 1.82) is 0 Å². The lowest BCUT2D eigenvalue weighted by molar-refractivity contribution is 0.581. The second-order valence-corrected chi connectivity index (χ2v) is 3.19. The highest BCUT2D eigenvalue weighted by atomic mass is 19.1. The van der Waals surface area contributed by atoms with E-state index in [4.69, 9.17) is 0 Å². The van der Waals surface area contributed by atoms with Crippen LogP contribution in [0.15, 0.2) is 23.8 Å². The second-order valence-electron chi connectivity index (χ2n) is 3.19. The van der Waals surface area contributed by atoms with E-state index < -0.39 is 11.6 Å². The summed E-state index contributed by atoms with van der Waals surface area (Å²) < 4.78 is 25.7. The zero-order chi connectivity index (χ0) is 10.6. The van der Waals surface area contributed by atoms with E-state index in [9.17, 15) is 8.78 Å². The number of hydrogen-bond acceptors (Lipinski definition) is 1. The third-order valence-electron chi connectivity index (χ3n) is 1.82. The molecule has 0 bridgehead atoms. The summed E-state index contributed by atoms with van der Waals surface area (Å²) in [4.78, 5) is 0. The van der Waals surface area contributed by atoms with Gasteiger partial charge in [0.1, 0.15) is 11.6 Å². The maximum absolute atomic E-state index is 13.1. The van der Waals surface area contributed by atoms with Gasteiger partial charge in [0.15, 0.2) is 0 Å². The highest BCUT2D eigenvalue weighted by Gasteiger charge is 2.00. The molecule has 0 unspecified atom stereocenters. The molecule has 1 rings (SSSR count). The van der Waals surface area contributed by atoms with Gasteiger partial charge in [0, 0.05) is 18.2 Å². The topological polar surface area (TPSA) is 12.0 Å². The van der Waals surface area contributed by atoms with Crippen LogP contribution in [0, 0.1) is 11.6 Å². The molecule has 0 saturated carbocycles. The van der Waals surface area contributed by atoms with E-state index in [1.165, 1.54) is 12.1 Å². The largest absolute Gasteiger partial charge is 0.316 e. The van der Waals surface area contributed by atoms with Crippen molar-refractivity contribution >= 4 is 6.08 Å². The van der Waals surface area contributed by atoms with Crippen molar-refractivity contribution in [2.24, 2.45) is 0 Å². The SMILES string of the molecule is CNC/C(C)=C/c1ccc(F)cc1F. The fourth-order valence-corrected chi connectivity index (χ4v) is 1.21. The Kier molecular flexibility index (Phi) is 3.77. The maximum atomic E-state index is 13.1. The Bertz CT molecular complexity index is 345. The van der Waals surface area contributed by atoms with Crippen LogP contribution < -0.4 is 5.32 Å². The van der Waals surface area contributed by atoms with E-state index in [1.54, 1.807) is 6.08 Å². The first-order valence-corrected chi connectivity index (χ1v) is 4.40. The minimum Gasteiger partial charge on any atom is -0.316 e. The minimum absolute atomic E-state index is 0.416. The van der Waals surface area contributed by atoms with Crippen molar-refractivity contribution in [3.63, 3.8) is 0 Å². The summed E-state index contributed by atoms with van der Waals surface area (Å²) >= 11 is 0. The van der Waals surface area contributed by atoms with E-state index in [2.05, 4.69) is 5.32 Å². The molecule has 0 amide bonds. The first kappa shape index (κ1) is 10.9. The molecule has 0 aliphatic carbocycles. The highest BCUT2D eigenvalue weighted by Crippen LogP contribution is 2.12. The molecule has 0 fully saturated rings. The standard InChI is InChI=1S/C11H13F2N/c1-8(7-14-2)5-9-3-4-10(12)6-11(9)13/h3-6,14H,7H2,1-2H3/b8-5+. The lowest BCUT2D eigenvalue weighted by Gasteiger charge is -2.01. The quantitative estimate of drug-likeness (QED) is 0.785. The van der Waals surface area contributed by atoms with Gasteiger partial charge in [-0.1, -0.05) is 11.6 Å². The fraction of sp³-hybridized carbons (Fsp3) is 0.273. The fourth-order valence-electron chi connectivity index (χ4n) is 1.21. The van der Waals surface area contributed by atoms with Crippen LogP contribution in [0.3, 0.4) is 0 Å². The summed E-state index contributed by atoms with van der Waals surface area (Å²) in [5, 5.41) is 2.95. The van der Waals surface area contributed by atoms with Crippen molar-refractivity contribution in [1.82, 2.24) is 5.32 Å². The highest BCUT2D eigenvalue weighted by molar-refractivity contribution is 5.53. The predicted octanol–water partition coefficient (Wildman–Crippen LogP) is 2.59. The van der Waals surface area contributed by atoms with Gasteiger partial charge in [-0.2, -0.15) is 0 Å². The molecule has 0 heterocycles. The summed E-state index contributed by atoms with van der Waals surface area (Å²) in [5.41, 5.74) is 1.41. The van der Waals surface area contributed by atoms with Crippen LogP contribution in [0.25, 0.3) is 6.08 Å². The molecule has 0 aliphatic rings. The molecule has 0 aromatic heterocycles. The van der Waals surface area contributed by atoms with Gasteiger partial charge >= 0.3 is 0 Å². The monoisotopic (exact) mass is 197 g/mol. The Labute approximate surface area is 82.4 Å². The Morgan fingerprint density at radius 3 is 2.71 bits per heavy atom. The smallest absolute Gasteiger partial charge is 0.133 e. The molecule has 1 aromatic rings. The Balaban J connectivity index is 2.91. The molecule has 0 atom stereocenters. The number of likely N-dealkylation sites (N-methyl/N-ethyl adjacent to an activating group) is 1. The number of nitrogens with one attached hydrogen (secondary N) is 1. The molecule has 0 radical (unpaired) electrons. The third kappa shape index (κ3) is 2.92. The summed E-state index contributed by atoms with van der Waals surface area (Å²) in [7, 11) is 1.82. The molecule has 0 aliphatic heterocycles. The van der Waals surface area contributed by atoms with Gasteiger partial charge < -0.3 is 5.32 Å². The van der Waals surface area contributed by atoms with Gasteiger partial charge in [-0.3, -0.25) is 0 Å². The van der Waals surface area contributed by atoms with Gasteiger partial charge in [0.25, 0.3) is 0 Å². The molecular formula is C11H13F2N. The van der Waals surface area contributed by atoms with Crippen LogP contribution in [0.1, 0.15) is 12.5 Å². The van der Waals surface area contributed by atoms with Gasteiger partial charge in [-0.25, -0.2) is 8.78 Å². The van der Waals surface area contributed by atoms with Gasteiger partial charge in [-0.05, 0) is 26.1 Å². The zero-order valence-electron chi connectivity index (χ0n) is 8.27. The molecule has 14 heavy (non-hydrogen) atoms. The van der Waals surface area contributed by atoms with Crippen molar-refractivity contribution in [2.75, 3.05) is 13.6 Å². The number of hydrogen-bond donors (Lipinski definition) is 1. The van der Waals surface area contributed by atoms with Crippen LogP contribution in [-0.4, -0.2) is 13.6 Å². The predicted molar refractivity (Wildman–Crippen MR) is 53.9 cm³/mol. The molecule has 1 nitrogen and oxygen atoms in total. The Morgan fingerprint density at radius 1 is 1.43 bits per heavy atom. The van der Waals surface area contributed by atoms with Gasteiger partial charge in [0.05, 0.1) is 0 Å². The molecule has 3 heteroatoms. The van der Waals surface area contributed by atoms with Crippen LogP contribution in [0.4, 0.5) is 8.78 Å². The Hall–Kier alpha value is -1.22. The maximum Gasteiger partial charge on any atom is 0.133 e. The van der Waals surface area contributed by atoms with Crippen LogP contribution >= 0.6 is 0 Å². The van der Waals surface area contributed by atoms with E-state index in [1.807, 2.05) is 14.0 Å². The van der Waals surface area contributed by atoms with Crippen molar-refractivity contribution < 1.29 is 8.78 Å². The molecule has 0 saturated heterocycles. The molecular weight excluding hydrogens is 184 g/mol. The van der Waals surface area contributed by atoms with Crippen molar-refractivity contribution in [3.8, 4) is 0 Å². The summed E-state index contributed by atoms with van der Waals surface area (Å²) in [6, 6.07) is 3.57. The van der Waals surface area contributed by atoms with E-state index in [-0.39, 0.29) is 0 Å². The van der Waals surface area contributed by atoms with Crippen LogP contribution in [-0.2, 0) is 0 Å². The van der Waals surface area contributed by atoms with E-state index in [0.29, 0.717) is 12.1 Å². The second kappa shape index (κ2) is 4.86. The Morgan fingerprint density at radius 2 is 2.14 bits per heavy atom. The third-order valence-corrected chi connectivity index (χ3v) is 1.82. The number of benzene rings is 1.